The molecule has 146 valence electrons. The number of carbonyl (C=O) groups is 1. The zero-order chi connectivity index (χ0) is 18.2. The van der Waals surface area contributed by atoms with Crippen molar-refractivity contribution in [2.24, 2.45) is 5.73 Å². The van der Waals surface area contributed by atoms with E-state index in [1.54, 1.807) is 0 Å². The highest BCUT2D eigenvalue weighted by atomic mass is 35.5. The van der Waals surface area contributed by atoms with Gasteiger partial charge in [0.25, 0.3) is 5.91 Å². The summed E-state index contributed by atoms with van der Waals surface area (Å²) in [6.45, 7) is 1.64. The van der Waals surface area contributed by atoms with Gasteiger partial charge in [-0.05, 0) is 42.5 Å². The average Bonchev–Trinajstić information content (AvgIpc) is 3.16. The van der Waals surface area contributed by atoms with Crippen molar-refractivity contribution in [3.63, 3.8) is 0 Å². The molecule has 2 aromatic rings. The first kappa shape index (κ1) is 21.4. The lowest BCUT2D eigenvalue weighted by Crippen LogP contribution is -2.29. The molecule has 1 aliphatic heterocycles. The SMILES string of the molecule is Cl.NC[C@H]1CC[C@@H](C(=O)Nc2cccc(COCCc3ccccc3)c2)O1. The standard InChI is InChI=1S/C21H26N2O3.ClH/c22-14-19-9-10-20(26-19)21(24)23-18-8-4-7-17(13-18)15-25-12-11-16-5-2-1-3-6-16;/h1-8,13,19-20H,9-12,14-15,22H2,(H,23,24);1H/t19-,20+;/m1./s1. The summed E-state index contributed by atoms with van der Waals surface area (Å²) < 4.78 is 11.4. The van der Waals surface area contributed by atoms with Gasteiger partial charge in [-0.15, -0.1) is 12.4 Å². The second-order valence-electron chi connectivity index (χ2n) is 6.54. The highest BCUT2D eigenvalue weighted by molar-refractivity contribution is 5.94. The number of amides is 1. The van der Waals surface area contributed by atoms with Gasteiger partial charge in [-0.2, -0.15) is 0 Å². The molecule has 0 radical (unpaired) electrons. The third-order valence-corrected chi connectivity index (χ3v) is 4.50. The number of nitrogens with one attached hydrogen (secondary N) is 1. The maximum atomic E-state index is 12.3. The predicted molar refractivity (Wildman–Crippen MR) is 109 cm³/mol. The number of rotatable bonds is 8. The molecule has 1 amide bonds. The highest BCUT2D eigenvalue weighted by Crippen LogP contribution is 2.21. The van der Waals surface area contributed by atoms with Crippen LogP contribution in [0.4, 0.5) is 5.69 Å². The van der Waals surface area contributed by atoms with Gasteiger partial charge in [0.05, 0.1) is 19.3 Å². The number of carbonyl (C=O) groups excluding carboxylic acids is 1. The van der Waals surface area contributed by atoms with Gasteiger partial charge in [0.2, 0.25) is 0 Å². The molecule has 1 aliphatic rings. The number of ether oxygens (including phenoxy) is 2. The quantitative estimate of drug-likeness (QED) is 0.678. The van der Waals surface area contributed by atoms with Crippen LogP contribution in [0.1, 0.15) is 24.0 Å². The van der Waals surface area contributed by atoms with Crippen LogP contribution in [0.5, 0.6) is 0 Å². The van der Waals surface area contributed by atoms with Crippen LogP contribution >= 0.6 is 12.4 Å². The van der Waals surface area contributed by atoms with Gasteiger partial charge >= 0.3 is 0 Å². The third-order valence-electron chi connectivity index (χ3n) is 4.50. The average molecular weight is 391 g/mol. The van der Waals surface area contributed by atoms with Crippen LogP contribution in [0, 0.1) is 0 Å². The van der Waals surface area contributed by atoms with E-state index in [9.17, 15) is 4.79 Å². The number of nitrogens with two attached hydrogens (primary N) is 1. The van der Waals surface area contributed by atoms with E-state index in [-0.39, 0.29) is 24.4 Å². The summed E-state index contributed by atoms with van der Waals surface area (Å²) in [4.78, 5) is 12.3. The van der Waals surface area contributed by atoms with Crippen LogP contribution in [0.25, 0.3) is 0 Å². The number of anilines is 1. The van der Waals surface area contributed by atoms with Crippen molar-refractivity contribution in [2.45, 2.75) is 38.1 Å². The number of hydrogen-bond acceptors (Lipinski definition) is 4. The molecule has 0 aliphatic carbocycles. The van der Waals surface area contributed by atoms with E-state index in [1.165, 1.54) is 5.56 Å². The van der Waals surface area contributed by atoms with E-state index in [1.807, 2.05) is 42.5 Å². The van der Waals surface area contributed by atoms with Crippen molar-refractivity contribution < 1.29 is 14.3 Å². The minimum absolute atomic E-state index is 0. The van der Waals surface area contributed by atoms with Gasteiger partial charge < -0.3 is 20.5 Å². The summed E-state index contributed by atoms with van der Waals surface area (Å²) in [5, 5.41) is 2.92. The van der Waals surface area contributed by atoms with Crippen LogP contribution in [-0.4, -0.2) is 31.3 Å². The summed E-state index contributed by atoms with van der Waals surface area (Å²) in [7, 11) is 0. The van der Waals surface area contributed by atoms with Crippen LogP contribution in [0.3, 0.4) is 0 Å². The molecule has 6 heteroatoms. The molecule has 1 saturated heterocycles. The first-order chi connectivity index (χ1) is 12.7. The smallest absolute Gasteiger partial charge is 0.253 e. The van der Waals surface area contributed by atoms with E-state index in [2.05, 4.69) is 17.4 Å². The number of halogens is 1. The molecule has 2 atom stereocenters. The Labute approximate surface area is 166 Å². The summed E-state index contributed by atoms with van der Waals surface area (Å²) in [6, 6.07) is 18.0. The normalized spacial score (nSPS) is 18.7. The number of hydrogen-bond donors (Lipinski definition) is 2. The Morgan fingerprint density at radius 2 is 1.89 bits per heavy atom. The van der Waals surface area contributed by atoms with Crippen molar-refractivity contribution in [3.05, 3.63) is 65.7 Å². The first-order valence-corrected chi connectivity index (χ1v) is 9.11. The predicted octanol–water partition coefficient (Wildman–Crippen LogP) is 3.31. The summed E-state index contributed by atoms with van der Waals surface area (Å²) in [5.41, 5.74) is 8.65. The molecule has 0 unspecified atom stereocenters. The molecule has 3 rings (SSSR count). The minimum atomic E-state index is -0.408. The maximum Gasteiger partial charge on any atom is 0.253 e. The van der Waals surface area contributed by atoms with Crippen molar-refractivity contribution in [2.75, 3.05) is 18.5 Å². The molecule has 3 N–H and O–H groups in total. The lowest BCUT2D eigenvalue weighted by molar-refractivity contribution is -0.126. The fraction of sp³-hybridized carbons (Fsp3) is 0.381. The van der Waals surface area contributed by atoms with E-state index in [4.69, 9.17) is 15.2 Å². The van der Waals surface area contributed by atoms with Crippen LogP contribution in [0.15, 0.2) is 54.6 Å². The topological polar surface area (TPSA) is 73.6 Å². The summed E-state index contributed by atoms with van der Waals surface area (Å²) in [6.07, 6.45) is 2.03. The van der Waals surface area contributed by atoms with Crippen molar-refractivity contribution in [1.29, 1.82) is 0 Å². The lowest BCUT2D eigenvalue weighted by atomic mass is 10.1. The highest BCUT2D eigenvalue weighted by Gasteiger charge is 2.29. The van der Waals surface area contributed by atoms with Crippen molar-refractivity contribution in [3.8, 4) is 0 Å². The van der Waals surface area contributed by atoms with E-state index < -0.39 is 6.10 Å². The monoisotopic (exact) mass is 390 g/mol. The molecule has 1 heterocycles. The maximum absolute atomic E-state index is 12.3. The Morgan fingerprint density at radius 1 is 1.11 bits per heavy atom. The Bertz CT molecular complexity index is 712. The van der Waals surface area contributed by atoms with Gasteiger partial charge in [-0.25, -0.2) is 0 Å². The molecule has 5 nitrogen and oxygen atoms in total. The van der Waals surface area contributed by atoms with Gasteiger partial charge in [0.15, 0.2) is 0 Å². The van der Waals surface area contributed by atoms with Crippen molar-refractivity contribution in [1.82, 2.24) is 0 Å². The molecule has 0 saturated carbocycles. The van der Waals surface area contributed by atoms with Crippen molar-refractivity contribution >= 4 is 24.0 Å². The molecule has 2 aromatic carbocycles. The van der Waals surface area contributed by atoms with Crippen LogP contribution in [0.2, 0.25) is 0 Å². The van der Waals surface area contributed by atoms with Gasteiger partial charge in [0.1, 0.15) is 6.10 Å². The molecule has 0 aromatic heterocycles. The fourth-order valence-corrected chi connectivity index (χ4v) is 3.06. The van der Waals surface area contributed by atoms with Gasteiger partial charge in [-0.1, -0.05) is 42.5 Å². The van der Waals surface area contributed by atoms with E-state index >= 15 is 0 Å². The van der Waals surface area contributed by atoms with E-state index in [0.717, 1.165) is 30.5 Å². The second kappa shape index (κ2) is 11.0. The third kappa shape index (κ3) is 6.63. The largest absolute Gasteiger partial charge is 0.376 e. The Morgan fingerprint density at radius 3 is 2.63 bits per heavy atom. The fourth-order valence-electron chi connectivity index (χ4n) is 3.06. The minimum Gasteiger partial charge on any atom is -0.376 e. The van der Waals surface area contributed by atoms with Crippen LogP contribution < -0.4 is 11.1 Å². The molecule has 1 fully saturated rings. The molecular formula is C21H27ClN2O3. The van der Waals surface area contributed by atoms with Crippen LogP contribution in [-0.2, 0) is 27.3 Å². The summed E-state index contributed by atoms with van der Waals surface area (Å²) >= 11 is 0. The molecule has 0 spiro atoms. The molecular weight excluding hydrogens is 364 g/mol. The number of benzene rings is 2. The molecule has 0 bridgehead atoms. The first-order valence-electron chi connectivity index (χ1n) is 9.11. The molecule has 27 heavy (non-hydrogen) atoms. The zero-order valence-corrected chi connectivity index (χ0v) is 16.1. The Hall–Kier alpha value is -1.92. The van der Waals surface area contributed by atoms with E-state index in [0.29, 0.717) is 19.8 Å². The Balaban J connectivity index is 0.00000261. The van der Waals surface area contributed by atoms with Gasteiger partial charge in [0, 0.05) is 12.2 Å². The Kier molecular flexibility index (Phi) is 8.75. The van der Waals surface area contributed by atoms with Gasteiger partial charge in [-0.3, -0.25) is 4.79 Å². The zero-order valence-electron chi connectivity index (χ0n) is 15.3. The second-order valence-corrected chi connectivity index (χ2v) is 6.54. The lowest BCUT2D eigenvalue weighted by Gasteiger charge is -2.13. The summed E-state index contributed by atoms with van der Waals surface area (Å²) in [5.74, 6) is -0.108.